The van der Waals surface area contributed by atoms with Crippen molar-refractivity contribution in [3.8, 4) is 0 Å². The quantitative estimate of drug-likeness (QED) is 0.569. The molecule has 0 bridgehead atoms. The normalized spacial score (nSPS) is 24.8. The molecule has 9 heteroatoms. The molecular formula is C18H30N4O5. The summed E-state index contributed by atoms with van der Waals surface area (Å²) in [5.41, 5.74) is 5.68. The first-order chi connectivity index (χ1) is 12.6. The predicted molar refractivity (Wildman–Crippen MR) is 97.5 cm³/mol. The summed E-state index contributed by atoms with van der Waals surface area (Å²) in [6.07, 6.45) is 2.41. The van der Waals surface area contributed by atoms with Gasteiger partial charge in [0.05, 0.1) is 6.04 Å². The van der Waals surface area contributed by atoms with Gasteiger partial charge >= 0.3 is 5.97 Å². The Morgan fingerprint density at radius 3 is 2.07 bits per heavy atom. The van der Waals surface area contributed by atoms with Crippen LogP contribution in [0.4, 0.5) is 0 Å². The summed E-state index contributed by atoms with van der Waals surface area (Å²) in [6.45, 7) is 5.93. The van der Waals surface area contributed by atoms with Crippen molar-refractivity contribution in [1.29, 1.82) is 0 Å². The van der Waals surface area contributed by atoms with Crippen LogP contribution in [0.15, 0.2) is 0 Å². The standard InChI is InChI=1S/C18H30N4O5/c1-10(2)14(18(26)27)20-15(23)12-6-4-8-21(12)17(25)13-7-5-9-22(13)16(24)11(3)19/h10-14H,4-9,19H2,1-3H3,(H,20,23)(H,26,27). The molecule has 4 atom stereocenters. The van der Waals surface area contributed by atoms with Crippen molar-refractivity contribution >= 4 is 23.7 Å². The largest absolute Gasteiger partial charge is 0.480 e. The zero-order chi connectivity index (χ0) is 20.3. The maximum atomic E-state index is 13.0. The first-order valence-corrected chi connectivity index (χ1v) is 9.54. The molecule has 2 aliphatic heterocycles. The predicted octanol–water partition coefficient (Wildman–Crippen LogP) is -0.459. The summed E-state index contributed by atoms with van der Waals surface area (Å²) in [7, 11) is 0. The van der Waals surface area contributed by atoms with Crippen LogP contribution in [-0.2, 0) is 19.2 Å². The number of aliphatic carboxylic acids is 1. The number of carboxylic acid groups (broad SMARTS) is 1. The molecule has 0 saturated carbocycles. The summed E-state index contributed by atoms with van der Waals surface area (Å²) in [4.78, 5) is 52.3. The highest BCUT2D eigenvalue weighted by Crippen LogP contribution is 2.25. The Balaban J connectivity index is 2.10. The molecule has 2 heterocycles. The minimum Gasteiger partial charge on any atom is -0.480 e. The average molecular weight is 382 g/mol. The van der Waals surface area contributed by atoms with E-state index >= 15 is 0 Å². The number of nitrogens with zero attached hydrogens (tertiary/aromatic N) is 2. The lowest BCUT2D eigenvalue weighted by molar-refractivity contribution is -0.148. The van der Waals surface area contributed by atoms with Gasteiger partial charge < -0.3 is 26.0 Å². The van der Waals surface area contributed by atoms with Crippen LogP contribution >= 0.6 is 0 Å². The van der Waals surface area contributed by atoms with E-state index in [1.54, 1.807) is 20.8 Å². The van der Waals surface area contributed by atoms with E-state index in [-0.39, 0.29) is 17.7 Å². The Morgan fingerprint density at radius 2 is 1.56 bits per heavy atom. The van der Waals surface area contributed by atoms with E-state index in [0.717, 1.165) is 0 Å². The molecular weight excluding hydrogens is 352 g/mol. The number of carboxylic acids is 1. The molecule has 0 aromatic heterocycles. The highest BCUT2D eigenvalue weighted by atomic mass is 16.4. The molecule has 3 amide bonds. The molecule has 2 fully saturated rings. The Labute approximate surface area is 159 Å². The van der Waals surface area contributed by atoms with Crippen LogP contribution in [0.5, 0.6) is 0 Å². The molecule has 4 unspecified atom stereocenters. The number of hydrogen-bond acceptors (Lipinski definition) is 5. The smallest absolute Gasteiger partial charge is 0.326 e. The van der Waals surface area contributed by atoms with Crippen molar-refractivity contribution in [3.05, 3.63) is 0 Å². The Morgan fingerprint density at radius 1 is 1.00 bits per heavy atom. The minimum absolute atomic E-state index is 0.254. The van der Waals surface area contributed by atoms with Crippen molar-refractivity contribution < 1.29 is 24.3 Å². The third kappa shape index (κ3) is 4.58. The van der Waals surface area contributed by atoms with Crippen LogP contribution in [0.1, 0.15) is 46.5 Å². The van der Waals surface area contributed by atoms with Crippen LogP contribution in [0, 0.1) is 5.92 Å². The van der Waals surface area contributed by atoms with Crippen LogP contribution in [-0.4, -0.2) is 75.9 Å². The number of nitrogens with one attached hydrogen (secondary N) is 1. The Kier molecular flexibility index (Phi) is 6.80. The van der Waals surface area contributed by atoms with Gasteiger partial charge in [0.25, 0.3) is 0 Å². The number of hydrogen-bond donors (Lipinski definition) is 3. The van der Waals surface area contributed by atoms with Gasteiger partial charge in [-0.1, -0.05) is 13.8 Å². The average Bonchev–Trinajstić information content (AvgIpc) is 3.26. The molecule has 152 valence electrons. The Bertz CT molecular complexity index is 607. The summed E-state index contributed by atoms with van der Waals surface area (Å²) in [5.74, 6) is -2.35. The van der Waals surface area contributed by atoms with E-state index in [1.807, 2.05) is 0 Å². The van der Waals surface area contributed by atoms with E-state index in [1.165, 1.54) is 9.80 Å². The maximum absolute atomic E-state index is 13.0. The monoisotopic (exact) mass is 382 g/mol. The molecule has 2 saturated heterocycles. The van der Waals surface area contributed by atoms with Crippen molar-refractivity contribution in [1.82, 2.24) is 15.1 Å². The number of amides is 3. The van der Waals surface area contributed by atoms with E-state index in [4.69, 9.17) is 5.73 Å². The van der Waals surface area contributed by atoms with Gasteiger partial charge in [0.1, 0.15) is 18.1 Å². The number of rotatable bonds is 6. The first-order valence-electron chi connectivity index (χ1n) is 9.54. The second kappa shape index (κ2) is 8.69. The third-order valence-electron chi connectivity index (χ3n) is 5.28. The van der Waals surface area contributed by atoms with Crippen LogP contribution < -0.4 is 11.1 Å². The van der Waals surface area contributed by atoms with E-state index < -0.39 is 36.0 Å². The Hall–Kier alpha value is -2.16. The minimum atomic E-state index is -1.10. The molecule has 2 rings (SSSR count). The lowest BCUT2D eigenvalue weighted by atomic mass is 10.0. The maximum Gasteiger partial charge on any atom is 0.326 e. The van der Waals surface area contributed by atoms with E-state index in [9.17, 15) is 24.3 Å². The molecule has 0 aliphatic carbocycles. The lowest BCUT2D eigenvalue weighted by Gasteiger charge is -2.32. The molecule has 4 N–H and O–H groups in total. The van der Waals surface area contributed by atoms with Gasteiger partial charge in [-0.2, -0.15) is 0 Å². The summed E-state index contributed by atoms with van der Waals surface area (Å²) >= 11 is 0. The number of likely N-dealkylation sites (tertiary alicyclic amines) is 2. The zero-order valence-electron chi connectivity index (χ0n) is 16.2. The molecule has 0 spiro atoms. The van der Waals surface area contributed by atoms with Crippen molar-refractivity contribution in [3.63, 3.8) is 0 Å². The fourth-order valence-electron chi connectivity index (χ4n) is 3.81. The number of nitrogens with two attached hydrogens (primary N) is 1. The molecule has 0 aromatic carbocycles. The highest BCUT2D eigenvalue weighted by Gasteiger charge is 2.43. The van der Waals surface area contributed by atoms with E-state index in [2.05, 4.69) is 5.32 Å². The number of carbonyl (C=O) groups is 4. The second-order valence-corrected chi connectivity index (χ2v) is 7.74. The van der Waals surface area contributed by atoms with Crippen molar-refractivity contribution in [2.45, 2.75) is 70.6 Å². The fraction of sp³-hybridized carbons (Fsp3) is 0.778. The first kappa shape index (κ1) is 21.1. The number of carbonyl (C=O) groups excluding carboxylic acids is 3. The van der Waals surface area contributed by atoms with Gasteiger partial charge in [0.2, 0.25) is 17.7 Å². The van der Waals surface area contributed by atoms with Crippen molar-refractivity contribution in [2.75, 3.05) is 13.1 Å². The third-order valence-corrected chi connectivity index (χ3v) is 5.28. The van der Waals surface area contributed by atoms with Crippen molar-refractivity contribution in [2.24, 2.45) is 11.7 Å². The van der Waals surface area contributed by atoms with Gasteiger partial charge in [-0.15, -0.1) is 0 Å². The highest BCUT2D eigenvalue weighted by molar-refractivity contribution is 5.94. The van der Waals surface area contributed by atoms with Gasteiger partial charge in [0, 0.05) is 13.1 Å². The molecule has 9 nitrogen and oxygen atoms in total. The summed E-state index contributed by atoms with van der Waals surface area (Å²) < 4.78 is 0. The zero-order valence-corrected chi connectivity index (χ0v) is 16.2. The summed E-state index contributed by atoms with van der Waals surface area (Å²) in [5, 5.41) is 11.8. The van der Waals surface area contributed by atoms with Gasteiger partial charge in [-0.25, -0.2) is 4.79 Å². The van der Waals surface area contributed by atoms with Gasteiger partial charge in [-0.3, -0.25) is 14.4 Å². The van der Waals surface area contributed by atoms with Crippen LogP contribution in [0.25, 0.3) is 0 Å². The molecule has 2 aliphatic rings. The van der Waals surface area contributed by atoms with Gasteiger partial charge in [0.15, 0.2) is 0 Å². The molecule has 0 aromatic rings. The SMILES string of the molecule is CC(N)C(=O)N1CCCC1C(=O)N1CCCC1C(=O)NC(C(=O)O)C(C)C. The molecule has 27 heavy (non-hydrogen) atoms. The van der Waals surface area contributed by atoms with Crippen LogP contribution in [0.3, 0.4) is 0 Å². The summed E-state index contributed by atoms with van der Waals surface area (Å²) in [6, 6.07) is -2.99. The lowest BCUT2D eigenvalue weighted by Crippen LogP contribution is -2.56. The molecule has 0 radical (unpaired) electrons. The van der Waals surface area contributed by atoms with Gasteiger partial charge in [-0.05, 0) is 38.5 Å². The van der Waals surface area contributed by atoms with Crippen LogP contribution in [0.2, 0.25) is 0 Å². The topological polar surface area (TPSA) is 133 Å². The fourth-order valence-corrected chi connectivity index (χ4v) is 3.81. The second-order valence-electron chi connectivity index (χ2n) is 7.74. The van der Waals surface area contributed by atoms with E-state index in [0.29, 0.717) is 38.8 Å².